The van der Waals surface area contributed by atoms with Crippen LogP contribution in [0, 0.1) is 6.92 Å². The van der Waals surface area contributed by atoms with Gasteiger partial charge in [-0.25, -0.2) is 0 Å². The minimum absolute atomic E-state index is 0.120. The van der Waals surface area contributed by atoms with Crippen molar-refractivity contribution in [3.63, 3.8) is 0 Å². The van der Waals surface area contributed by atoms with Crippen LogP contribution >= 0.6 is 11.8 Å². The Kier molecular flexibility index (Phi) is 6.32. The molecule has 1 amide bonds. The third-order valence-electron chi connectivity index (χ3n) is 5.11. The molecule has 0 spiro atoms. The lowest BCUT2D eigenvalue weighted by Gasteiger charge is -2.20. The number of carbonyl (C=O) groups excluding carboxylic acids is 1. The fraction of sp³-hybridized carbons (Fsp3) is 0.409. The van der Waals surface area contributed by atoms with E-state index in [-0.39, 0.29) is 5.91 Å². The summed E-state index contributed by atoms with van der Waals surface area (Å²) < 4.78 is 10.7. The highest BCUT2D eigenvalue weighted by Gasteiger charge is 2.15. The number of nitrogens with zero attached hydrogens (tertiary/aromatic N) is 1. The van der Waals surface area contributed by atoms with Crippen LogP contribution in [0.2, 0.25) is 0 Å². The molecule has 1 aliphatic carbocycles. The van der Waals surface area contributed by atoms with E-state index in [1.165, 1.54) is 28.9 Å². The minimum Gasteiger partial charge on any atom is -0.493 e. The van der Waals surface area contributed by atoms with Gasteiger partial charge in [0.25, 0.3) is 0 Å². The first-order valence-corrected chi connectivity index (χ1v) is 10.2. The Morgan fingerprint density at radius 1 is 1.07 bits per heavy atom. The number of hydrogen-bond acceptors (Lipinski definition) is 4. The molecule has 27 heavy (non-hydrogen) atoms. The van der Waals surface area contributed by atoms with Crippen molar-refractivity contribution in [2.24, 2.45) is 0 Å². The van der Waals surface area contributed by atoms with Gasteiger partial charge in [-0.15, -0.1) is 11.8 Å². The fourth-order valence-corrected chi connectivity index (χ4v) is 4.33. The summed E-state index contributed by atoms with van der Waals surface area (Å²) in [6, 6.07) is 10.5. The molecule has 0 N–H and O–H groups in total. The van der Waals surface area contributed by atoms with Gasteiger partial charge in [-0.05, 0) is 72.7 Å². The van der Waals surface area contributed by atoms with E-state index in [4.69, 9.17) is 9.47 Å². The third-order valence-corrected chi connectivity index (χ3v) is 6.09. The first-order valence-electron chi connectivity index (χ1n) is 9.22. The van der Waals surface area contributed by atoms with Crippen LogP contribution in [0.15, 0.2) is 35.2 Å². The molecular formula is C22H27NO3S. The highest BCUT2D eigenvalue weighted by Crippen LogP contribution is 2.31. The van der Waals surface area contributed by atoms with Gasteiger partial charge in [-0.1, -0.05) is 6.07 Å². The van der Waals surface area contributed by atoms with Crippen molar-refractivity contribution in [3.8, 4) is 11.5 Å². The average Bonchev–Trinajstić information content (AvgIpc) is 3.14. The Morgan fingerprint density at radius 2 is 1.78 bits per heavy atom. The number of methoxy groups -OCH3 is 2. The van der Waals surface area contributed by atoms with E-state index in [1.807, 2.05) is 26.1 Å². The summed E-state index contributed by atoms with van der Waals surface area (Å²) in [6.45, 7) is 2.57. The number of benzene rings is 2. The number of thioether (sulfide) groups is 1. The predicted molar refractivity (Wildman–Crippen MR) is 110 cm³/mol. The van der Waals surface area contributed by atoms with Gasteiger partial charge in [-0.3, -0.25) is 4.79 Å². The van der Waals surface area contributed by atoms with Crippen molar-refractivity contribution in [1.29, 1.82) is 0 Å². The van der Waals surface area contributed by atoms with Gasteiger partial charge in [0.05, 0.1) is 20.0 Å². The molecule has 0 unspecified atom stereocenters. The SMILES string of the molecule is COc1cc(C)c(CN(C)C(=O)CSc2ccc3c(c2)CCC3)cc1OC. The smallest absolute Gasteiger partial charge is 0.232 e. The van der Waals surface area contributed by atoms with Gasteiger partial charge in [0.2, 0.25) is 5.91 Å². The molecule has 0 heterocycles. The molecule has 5 heteroatoms. The lowest BCUT2D eigenvalue weighted by Crippen LogP contribution is -2.28. The maximum atomic E-state index is 12.6. The van der Waals surface area contributed by atoms with Gasteiger partial charge >= 0.3 is 0 Å². The molecule has 4 nitrogen and oxygen atoms in total. The molecule has 0 bridgehead atoms. The van der Waals surface area contributed by atoms with E-state index < -0.39 is 0 Å². The Hall–Kier alpha value is -2.14. The summed E-state index contributed by atoms with van der Waals surface area (Å²) in [5, 5.41) is 0. The average molecular weight is 386 g/mol. The molecule has 0 saturated carbocycles. The van der Waals surface area contributed by atoms with Crippen molar-refractivity contribution in [3.05, 3.63) is 52.6 Å². The van der Waals surface area contributed by atoms with E-state index in [1.54, 1.807) is 30.9 Å². The summed E-state index contributed by atoms with van der Waals surface area (Å²) in [6.07, 6.45) is 3.60. The molecule has 2 aromatic rings. The molecule has 0 radical (unpaired) electrons. The van der Waals surface area contributed by atoms with Crippen molar-refractivity contribution in [1.82, 2.24) is 4.90 Å². The normalized spacial score (nSPS) is 12.6. The van der Waals surface area contributed by atoms with Crippen LogP contribution in [-0.2, 0) is 24.2 Å². The Labute approximate surface area is 165 Å². The number of fused-ring (bicyclic) bond motifs is 1. The van der Waals surface area contributed by atoms with Crippen molar-refractivity contribution >= 4 is 17.7 Å². The van der Waals surface area contributed by atoms with Gasteiger partial charge in [0, 0.05) is 18.5 Å². The van der Waals surface area contributed by atoms with Crippen LogP contribution in [0.1, 0.15) is 28.7 Å². The van der Waals surface area contributed by atoms with Gasteiger partial charge in [0.1, 0.15) is 0 Å². The molecule has 0 aromatic heterocycles. The van der Waals surface area contributed by atoms with Gasteiger partial charge in [-0.2, -0.15) is 0 Å². The standard InChI is InChI=1S/C22H27NO3S/c1-15-10-20(25-3)21(26-4)12-18(15)13-23(2)22(24)14-27-19-9-8-16-6-5-7-17(16)11-19/h8-12H,5-7,13-14H2,1-4H3. The van der Waals surface area contributed by atoms with Crippen LogP contribution in [0.4, 0.5) is 0 Å². The molecule has 0 saturated heterocycles. The first kappa shape index (κ1) is 19.6. The Bertz CT molecular complexity index is 835. The highest BCUT2D eigenvalue weighted by atomic mass is 32.2. The van der Waals surface area contributed by atoms with Crippen LogP contribution in [0.3, 0.4) is 0 Å². The van der Waals surface area contributed by atoms with Crippen LogP contribution in [-0.4, -0.2) is 37.8 Å². The molecule has 144 valence electrons. The molecule has 0 atom stereocenters. The summed E-state index contributed by atoms with van der Waals surface area (Å²) in [5.74, 6) is 1.96. The zero-order chi connectivity index (χ0) is 19.4. The summed E-state index contributed by atoms with van der Waals surface area (Å²) in [7, 11) is 5.10. The van der Waals surface area contributed by atoms with Crippen molar-refractivity contribution in [2.75, 3.05) is 27.0 Å². The van der Waals surface area contributed by atoms with E-state index in [0.29, 0.717) is 23.8 Å². The largest absolute Gasteiger partial charge is 0.493 e. The summed E-state index contributed by atoms with van der Waals surface area (Å²) in [4.78, 5) is 15.5. The maximum Gasteiger partial charge on any atom is 0.232 e. The lowest BCUT2D eigenvalue weighted by atomic mass is 10.1. The zero-order valence-corrected chi connectivity index (χ0v) is 17.3. The molecule has 0 fully saturated rings. The second-order valence-electron chi connectivity index (χ2n) is 6.96. The minimum atomic E-state index is 0.120. The zero-order valence-electron chi connectivity index (χ0n) is 16.5. The Balaban J connectivity index is 1.61. The number of amides is 1. The molecule has 3 rings (SSSR count). The van der Waals surface area contributed by atoms with Crippen molar-refractivity contribution < 1.29 is 14.3 Å². The monoisotopic (exact) mass is 385 g/mol. The fourth-order valence-electron chi connectivity index (χ4n) is 3.43. The van der Waals surface area contributed by atoms with Gasteiger partial charge in [0.15, 0.2) is 11.5 Å². The topological polar surface area (TPSA) is 38.8 Å². The highest BCUT2D eigenvalue weighted by molar-refractivity contribution is 8.00. The first-order chi connectivity index (χ1) is 13.0. The van der Waals surface area contributed by atoms with E-state index >= 15 is 0 Å². The number of rotatable bonds is 7. The van der Waals surface area contributed by atoms with E-state index in [2.05, 4.69) is 18.2 Å². The number of hydrogen-bond donors (Lipinski definition) is 0. The molecule has 2 aromatic carbocycles. The Morgan fingerprint density at radius 3 is 2.52 bits per heavy atom. The van der Waals surface area contributed by atoms with Crippen LogP contribution < -0.4 is 9.47 Å². The molecular weight excluding hydrogens is 358 g/mol. The second-order valence-corrected chi connectivity index (χ2v) is 8.00. The second kappa shape index (κ2) is 8.70. The third kappa shape index (κ3) is 4.59. The van der Waals surface area contributed by atoms with Crippen LogP contribution in [0.25, 0.3) is 0 Å². The number of ether oxygens (including phenoxy) is 2. The number of aryl methyl sites for hydroxylation is 3. The van der Waals surface area contributed by atoms with Crippen LogP contribution in [0.5, 0.6) is 11.5 Å². The van der Waals surface area contributed by atoms with Gasteiger partial charge < -0.3 is 14.4 Å². The van der Waals surface area contributed by atoms with Crippen molar-refractivity contribution in [2.45, 2.75) is 37.6 Å². The predicted octanol–water partition coefficient (Wildman–Crippen LogP) is 4.25. The summed E-state index contributed by atoms with van der Waals surface area (Å²) >= 11 is 1.62. The summed E-state index contributed by atoms with van der Waals surface area (Å²) in [5.41, 5.74) is 5.05. The van der Waals surface area contributed by atoms with E-state index in [0.717, 1.165) is 17.5 Å². The van der Waals surface area contributed by atoms with E-state index in [9.17, 15) is 4.79 Å². The number of carbonyl (C=O) groups is 1. The maximum absolute atomic E-state index is 12.6. The molecule has 0 aliphatic heterocycles. The quantitative estimate of drug-likeness (QED) is 0.668. The lowest BCUT2D eigenvalue weighted by molar-refractivity contribution is -0.127. The molecule has 1 aliphatic rings.